The highest BCUT2D eigenvalue weighted by molar-refractivity contribution is 6.14. The van der Waals surface area contributed by atoms with Gasteiger partial charge < -0.3 is 9.88 Å². The van der Waals surface area contributed by atoms with E-state index < -0.39 is 6.03 Å². The summed E-state index contributed by atoms with van der Waals surface area (Å²) < 4.78 is 2.13. The Morgan fingerprint density at radius 2 is 1.87 bits per heavy atom. The van der Waals surface area contributed by atoms with Gasteiger partial charge in [-0.25, -0.2) is 4.79 Å². The van der Waals surface area contributed by atoms with Crippen molar-refractivity contribution in [2.24, 2.45) is 0 Å². The van der Waals surface area contributed by atoms with Crippen molar-refractivity contribution in [3.05, 3.63) is 89.3 Å². The zero-order valence-electron chi connectivity index (χ0n) is 16.6. The van der Waals surface area contributed by atoms with Gasteiger partial charge in [0.25, 0.3) is 5.91 Å². The van der Waals surface area contributed by atoms with E-state index in [-0.39, 0.29) is 18.1 Å². The van der Waals surface area contributed by atoms with Gasteiger partial charge in [-0.15, -0.1) is 6.58 Å². The molecule has 148 valence electrons. The molecule has 4 rings (SSSR count). The summed E-state index contributed by atoms with van der Waals surface area (Å²) in [6.07, 6.45) is 3.25. The lowest BCUT2D eigenvalue weighted by Gasteiger charge is -2.10. The summed E-state index contributed by atoms with van der Waals surface area (Å²) in [5.74, 6) is -0.369. The molecule has 0 radical (unpaired) electrons. The number of nitrogens with zero attached hydrogens (tertiary/aromatic N) is 3. The highest BCUT2D eigenvalue weighted by atomic mass is 16.2. The van der Waals surface area contributed by atoms with Crippen LogP contribution in [-0.2, 0) is 11.3 Å². The number of hydrogen-bond acceptors (Lipinski definition) is 3. The Labute approximate surface area is 174 Å². The van der Waals surface area contributed by atoms with Gasteiger partial charge in [0.05, 0.1) is 11.6 Å². The molecular weight excluding hydrogens is 376 g/mol. The summed E-state index contributed by atoms with van der Waals surface area (Å²) >= 11 is 0. The lowest BCUT2D eigenvalue weighted by atomic mass is 10.1. The first kappa shape index (κ1) is 19.2. The standard InChI is InChI=1S/C24H20N4O2/c1-3-12-27-23(29)21(26-24(27)30)13-20-16(2)28(22-11-7-6-10-19(20)22)15-18-9-5-4-8-17(18)14-25/h3-11,13H,1,12,15H2,2H3,(H,26,30)/b21-13+. The SMILES string of the molecule is C=CCN1C(=O)N/C(=C/c2c(C)n(Cc3ccccc3C#N)c3ccccc23)C1=O. The minimum atomic E-state index is -0.449. The van der Waals surface area contributed by atoms with E-state index in [0.29, 0.717) is 12.1 Å². The first-order chi connectivity index (χ1) is 14.5. The summed E-state index contributed by atoms with van der Waals surface area (Å²) in [6, 6.07) is 17.2. The molecule has 1 N–H and O–H groups in total. The molecule has 1 fully saturated rings. The van der Waals surface area contributed by atoms with Gasteiger partial charge in [0.15, 0.2) is 0 Å². The van der Waals surface area contributed by atoms with E-state index in [4.69, 9.17) is 0 Å². The summed E-state index contributed by atoms with van der Waals surface area (Å²) in [7, 11) is 0. The lowest BCUT2D eigenvalue weighted by Crippen LogP contribution is -2.30. The quantitative estimate of drug-likeness (QED) is 0.403. The first-order valence-electron chi connectivity index (χ1n) is 9.56. The molecule has 1 saturated heterocycles. The fourth-order valence-electron chi connectivity index (χ4n) is 3.79. The van der Waals surface area contributed by atoms with Gasteiger partial charge in [-0.3, -0.25) is 9.69 Å². The molecule has 3 aromatic rings. The number of nitrogens with one attached hydrogen (secondary N) is 1. The predicted molar refractivity (Wildman–Crippen MR) is 115 cm³/mol. The van der Waals surface area contributed by atoms with E-state index >= 15 is 0 Å². The van der Waals surface area contributed by atoms with Crippen molar-refractivity contribution in [1.82, 2.24) is 14.8 Å². The van der Waals surface area contributed by atoms with Crippen molar-refractivity contribution in [3.8, 4) is 6.07 Å². The fourth-order valence-corrected chi connectivity index (χ4v) is 3.79. The third-order valence-electron chi connectivity index (χ3n) is 5.31. The number of fused-ring (bicyclic) bond motifs is 1. The van der Waals surface area contributed by atoms with Crippen LogP contribution in [0.25, 0.3) is 17.0 Å². The molecule has 0 spiro atoms. The van der Waals surface area contributed by atoms with Gasteiger partial charge in [-0.2, -0.15) is 5.26 Å². The number of para-hydroxylation sites is 1. The van der Waals surface area contributed by atoms with E-state index in [1.165, 1.54) is 6.08 Å². The number of aromatic nitrogens is 1. The van der Waals surface area contributed by atoms with Crippen molar-refractivity contribution in [3.63, 3.8) is 0 Å². The number of imide groups is 1. The minimum absolute atomic E-state index is 0.160. The van der Waals surface area contributed by atoms with Gasteiger partial charge in [-0.05, 0) is 30.7 Å². The second kappa shape index (κ2) is 7.72. The van der Waals surface area contributed by atoms with Gasteiger partial charge in [-0.1, -0.05) is 42.5 Å². The number of benzene rings is 2. The second-order valence-corrected chi connectivity index (χ2v) is 7.06. The molecule has 6 nitrogen and oxygen atoms in total. The average Bonchev–Trinajstić information content (AvgIpc) is 3.17. The van der Waals surface area contributed by atoms with Gasteiger partial charge in [0.2, 0.25) is 0 Å². The summed E-state index contributed by atoms with van der Waals surface area (Å²) in [4.78, 5) is 25.9. The third kappa shape index (κ3) is 3.16. The largest absolute Gasteiger partial charge is 0.340 e. The molecular formula is C24H20N4O2. The number of carbonyl (C=O) groups is 2. The Kier molecular flexibility index (Phi) is 4.95. The van der Waals surface area contributed by atoms with Crippen LogP contribution < -0.4 is 5.32 Å². The molecule has 0 aliphatic carbocycles. The average molecular weight is 396 g/mol. The Balaban J connectivity index is 1.82. The molecule has 2 heterocycles. The Morgan fingerprint density at radius 1 is 1.13 bits per heavy atom. The molecule has 30 heavy (non-hydrogen) atoms. The maximum absolute atomic E-state index is 12.6. The van der Waals surface area contributed by atoms with Crippen LogP contribution in [0.15, 0.2) is 66.9 Å². The van der Waals surface area contributed by atoms with Gasteiger partial charge in [0, 0.05) is 35.2 Å². The highest BCUT2D eigenvalue weighted by Gasteiger charge is 2.33. The van der Waals surface area contributed by atoms with Crippen molar-refractivity contribution < 1.29 is 9.59 Å². The number of urea groups is 1. The third-order valence-corrected chi connectivity index (χ3v) is 5.31. The summed E-state index contributed by atoms with van der Waals surface area (Å²) in [5, 5.41) is 13.1. The second-order valence-electron chi connectivity index (χ2n) is 7.06. The van der Waals surface area contributed by atoms with Crippen molar-refractivity contribution in [1.29, 1.82) is 5.26 Å². The predicted octanol–water partition coefficient (Wildman–Crippen LogP) is 3.95. The zero-order chi connectivity index (χ0) is 21.3. The maximum atomic E-state index is 12.6. The normalized spacial score (nSPS) is 14.9. The van der Waals surface area contributed by atoms with E-state index in [0.717, 1.165) is 32.6 Å². The molecule has 0 bridgehead atoms. The highest BCUT2D eigenvalue weighted by Crippen LogP contribution is 2.29. The monoisotopic (exact) mass is 396 g/mol. The Morgan fingerprint density at radius 3 is 2.63 bits per heavy atom. The van der Waals surface area contributed by atoms with E-state index in [9.17, 15) is 14.9 Å². The Hall–Kier alpha value is -4.11. The number of nitriles is 1. The van der Waals surface area contributed by atoms with E-state index in [1.54, 1.807) is 12.1 Å². The van der Waals surface area contributed by atoms with E-state index in [2.05, 4.69) is 22.5 Å². The topological polar surface area (TPSA) is 78.1 Å². The summed E-state index contributed by atoms with van der Waals surface area (Å²) in [6.45, 7) is 6.26. The molecule has 0 atom stereocenters. The molecule has 3 amide bonds. The van der Waals surface area contributed by atoms with Crippen LogP contribution in [-0.4, -0.2) is 28.0 Å². The first-order valence-corrected chi connectivity index (χ1v) is 9.56. The molecule has 0 unspecified atom stereocenters. The van der Waals surface area contributed by atoms with Crippen LogP contribution in [0.2, 0.25) is 0 Å². The van der Waals surface area contributed by atoms with Crippen LogP contribution >= 0.6 is 0 Å². The van der Waals surface area contributed by atoms with Crippen LogP contribution in [0.1, 0.15) is 22.4 Å². The molecule has 1 aromatic heterocycles. The van der Waals surface area contributed by atoms with Crippen molar-refractivity contribution >= 4 is 28.9 Å². The zero-order valence-corrected chi connectivity index (χ0v) is 16.6. The van der Waals surface area contributed by atoms with Gasteiger partial charge >= 0.3 is 6.03 Å². The van der Waals surface area contributed by atoms with Crippen LogP contribution in [0.4, 0.5) is 4.79 Å². The number of carbonyl (C=O) groups excluding carboxylic acids is 2. The molecule has 1 aliphatic heterocycles. The molecule has 0 saturated carbocycles. The molecule has 2 aromatic carbocycles. The molecule has 6 heteroatoms. The van der Waals surface area contributed by atoms with Crippen LogP contribution in [0.3, 0.4) is 0 Å². The fraction of sp³-hybridized carbons (Fsp3) is 0.125. The van der Waals surface area contributed by atoms with Crippen LogP contribution in [0, 0.1) is 18.3 Å². The summed E-state index contributed by atoms with van der Waals surface area (Å²) in [5.41, 5.74) is 4.60. The minimum Gasteiger partial charge on any atom is -0.340 e. The van der Waals surface area contributed by atoms with Crippen LogP contribution in [0.5, 0.6) is 0 Å². The maximum Gasteiger partial charge on any atom is 0.329 e. The molecule has 1 aliphatic rings. The number of hydrogen-bond donors (Lipinski definition) is 1. The number of amides is 3. The lowest BCUT2D eigenvalue weighted by molar-refractivity contribution is -0.122. The Bertz CT molecular complexity index is 1260. The van der Waals surface area contributed by atoms with Crippen molar-refractivity contribution in [2.45, 2.75) is 13.5 Å². The van der Waals surface area contributed by atoms with E-state index in [1.807, 2.05) is 49.4 Å². The van der Waals surface area contributed by atoms with Crippen molar-refractivity contribution in [2.75, 3.05) is 6.54 Å². The van der Waals surface area contributed by atoms with Gasteiger partial charge in [0.1, 0.15) is 5.70 Å². The smallest absolute Gasteiger partial charge is 0.329 e. The number of rotatable bonds is 5.